The summed E-state index contributed by atoms with van der Waals surface area (Å²) in [7, 11) is 2.05. The van der Waals surface area contributed by atoms with E-state index >= 15 is 0 Å². The van der Waals surface area contributed by atoms with Crippen LogP contribution >= 0.6 is 0 Å². The van der Waals surface area contributed by atoms with Gasteiger partial charge in [-0.1, -0.05) is 12.1 Å². The van der Waals surface area contributed by atoms with Crippen molar-refractivity contribution < 1.29 is 13.9 Å². The quantitative estimate of drug-likeness (QED) is 0.904. The average molecular weight is 270 g/mol. The molecule has 0 radical (unpaired) electrons. The van der Waals surface area contributed by atoms with Gasteiger partial charge in [0.05, 0.1) is 6.10 Å². The SMILES string of the molecule is CC1CN(C)CCN1CC(O)c1cccc(F)c1F. The first-order valence-corrected chi connectivity index (χ1v) is 6.53. The van der Waals surface area contributed by atoms with Crippen molar-refractivity contribution >= 4 is 0 Å². The van der Waals surface area contributed by atoms with Crippen LogP contribution in [0.3, 0.4) is 0 Å². The van der Waals surface area contributed by atoms with E-state index in [1.807, 2.05) is 0 Å². The molecule has 0 aliphatic carbocycles. The predicted octanol–water partition coefficient (Wildman–Crippen LogP) is 1.63. The number of hydrogen-bond acceptors (Lipinski definition) is 3. The molecule has 0 spiro atoms. The Morgan fingerprint density at radius 3 is 2.79 bits per heavy atom. The van der Waals surface area contributed by atoms with E-state index < -0.39 is 17.7 Å². The van der Waals surface area contributed by atoms with Crippen molar-refractivity contribution in [1.29, 1.82) is 0 Å². The topological polar surface area (TPSA) is 26.7 Å². The standard InChI is InChI=1S/C14H20F2N2O/c1-10-8-17(2)6-7-18(10)9-13(19)11-4-3-5-12(15)14(11)16/h3-5,10,13,19H,6-9H2,1-2H3. The van der Waals surface area contributed by atoms with Crippen molar-refractivity contribution in [3.05, 3.63) is 35.4 Å². The van der Waals surface area contributed by atoms with Crippen molar-refractivity contribution in [1.82, 2.24) is 9.80 Å². The van der Waals surface area contributed by atoms with Gasteiger partial charge in [0, 0.05) is 37.8 Å². The molecule has 1 aliphatic rings. The van der Waals surface area contributed by atoms with Gasteiger partial charge in [-0.05, 0) is 20.0 Å². The minimum absolute atomic E-state index is 0.0335. The van der Waals surface area contributed by atoms with Crippen LogP contribution in [0, 0.1) is 11.6 Å². The fourth-order valence-electron chi connectivity index (χ4n) is 2.55. The van der Waals surface area contributed by atoms with Gasteiger partial charge in [0.15, 0.2) is 11.6 Å². The largest absolute Gasteiger partial charge is 0.387 e. The minimum Gasteiger partial charge on any atom is -0.387 e. The Bertz CT molecular complexity index is 441. The number of nitrogens with zero attached hydrogens (tertiary/aromatic N) is 2. The summed E-state index contributed by atoms with van der Waals surface area (Å²) in [6.45, 7) is 5.06. The van der Waals surface area contributed by atoms with Crippen molar-refractivity contribution in [3.63, 3.8) is 0 Å². The van der Waals surface area contributed by atoms with Crippen molar-refractivity contribution in [2.45, 2.75) is 19.1 Å². The Morgan fingerprint density at radius 1 is 1.37 bits per heavy atom. The molecule has 106 valence electrons. The number of benzene rings is 1. The second-order valence-corrected chi connectivity index (χ2v) is 5.27. The molecule has 1 heterocycles. The molecule has 1 aliphatic heterocycles. The highest BCUT2D eigenvalue weighted by molar-refractivity contribution is 5.21. The molecule has 1 N–H and O–H groups in total. The van der Waals surface area contributed by atoms with E-state index in [-0.39, 0.29) is 5.56 Å². The zero-order valence-corrected chi connectivity index (χ0v) is 11.3. The normalized spacial score (nSPS) is 23.5. The zero-order valence-electron chi connectivity index (χ0n) is 11.3. The summed E-state index contributed by atoms with van der Waals surface area (Å²) in [5.41, 5.74) is 0.0335. The Kier molecular flexibility index (Phi) is 4.50. The Balaban J connectivity index is 2.04. The summed E-state index contributed by atoms with van der Waals surface area (Å²) in [5, 5.41) is 10.1. The van der Waals surface area contributed by atoms with Crippen molar-refractivity contribution in [3.8, 4) is 0 Å². The average Bonchev–Trinajstić information content (AvgIpc) is 2.36. The second kappa shape index (κ2) is 5.94. The molecule has 0 bridgehead atoms. The first-order chi connectivity index (χ1) is 8.99. The number of halogens is 2. The Hall–Kier alpha value is -1.04. The Morgan fingerprint density at radius 2 is 2.11 bits per heavy atom. The Labute approximate surface area is 112 Å². The van der Waals surface area contributed by atoms with E-state index in [2.05, 4.69) is 23.8 Å². The van der Waals surface area contributed by atoms with Gasteiger partial charge in [0.1, 0.15) is 0 Å². The van der Waals surface area contributed by atoms with E-state index in [9.17, 15) is 13.9 Å². The first kappa shape index (κ1) is 14.4. The van der Waals surface area contributed by atoms with E-state index in [0.29, 0.717) is 12.6 Å². The fourth-order valence-corrected chi connectivity index (χ4v) is 2.55. The van der Waals surface area contributed by atoms with Crippen LogP contribution in [-0.4, -0.2) is 54.2 Å². The lowest BCUT2D eigenvalue weighted by Crippen LogP contribution is -2.51. The monoisotopic (exact) mass is 270 g/mol. The number of hydrogen-bond donors (Lipinski definition) is 1. The lowest BCUT2D eigenvalue weighted by atomic mass is 10.1. The molecule has 1 aromatic carbocycles. The molecule has 0 saturated carbocycles. The molecule has 3 nitrogen and oxygen atoms in total. The number of likely N-dealkylation sites (N-methyl/N-ethyl adjacent to an activating group) is 1. The van der Waals surface area contributed by atoms with Crippen LogP contribution in [0.15, 0.2) is 18.2 Å². The van der Waals surface area contributed by atoms with Crippen molar-refractivity contribution in [2.24, 2.45) is 0 Å². The summed E-state index contributed by atoms with van der Waals surface area (Å²) in [6, 6.07) is 4.21. The molecule has 2 rings (SSSR count). The third-order valence-corrected chi connectivity index (χ3v) is 3.72. The lowest BCUT2D eigenvalue weighted by molar-refractivity contribution is 0.0458. The molecular formula is C14H20F2N2O. The highest BCUT2D eigenvalue weighted by Gasteiger charge is 2.25. The van der Waals surface area contributed by atoms with Crippen LogP contribution in [0.5, 0.6) is 0 Å². The summed E-state index contributed by atoms with van der Waals surface area (Å²) in [4.78, 5) is 4.32. The maximum absolute atomic E-state index is 13.6. The third kappa shape index (κ3) is 3.29. The van der Waals surface area contributed by atoms with Crippen LogP contribution in [0.1, 0.15) is 18.6 Å². The molecule has 0 aromatic heterocycles. The van der Waals surface area contributed by atoms with E-state index in [1.54, 1.807) is 0 Å². The summed E-state index contributed by atoms with van der Waals surface area (Å²) in [6.07, 6.45) is -0.999. The van der Waals surface area contributed by atoms with Gasteiger partial charge in [-0.25, -0.2) is 8.78 Å². The van der Waals surface area contributed by atoms with Gasteiger partial charge in [-0.3, -0.25) is 4.90 Å². The number of aliphatic hydroxyl groups is 1. The van der Waals surface area contributed by atoms with Gasteiger partial charge in [0.25, 0.3) is 0 Å². The second-order valence-electron chi connectivity index (χ2n) is 5.27. The van der Waals surface area contributed by atoms with Crippen LogP contribution in [0.2, 0.25) is 0 Å². The van der Waals surface area contributed by atoms with Gasteiger partial charge in [-0.2, -0.15) is 0 Å². The molecule has 5 heteroatoms. The molecule has 1 fully saturated rings. The molecular weight excluding hydrogens is 250 g/mol. The van der Waals surface area contributed by atoms with Crippen molar-refractivity contribution in [2.75, 3.05) is 33.2 Å². The smallest absolute Gasteiger partial charge is 0.164 e. The maximum Gasteiger partial charge on any atom is 0.164 e. The van der Waals surface area contributed by atoms with Crippen LogP contribution < -0.4 is 0 Å². The van der Waals surface area contributed by atoms with Crippen LogP contribution in [0.25, 0.3) is 0 Å². The molecule has 19 heavy (non-hydrogen) atoms. The lowest BCUT2D eigenvalue weighted by Gasteiger charge is -2.39. The molecule has 2 unspecified atom stereocenters. The maximum atomic E-state index is 13.6. The van der Waals surface area contributed by atoms with Gasteiger partial charge in [0.2, 0.25) is 0 Å². The zero-order chi connectivity index (χ0) is 14.0. The summed E-state index contributed by atoms with van der Waals surface area (Å²) in [5.74, 6) is -1.86. The summed E-state index contributed by atoms with van der Waals surface area (Å²) >= 11 is 0. The first-order valence-electron chi connectivity index (χ1n) is 6.53. The highest BCUT2D eigenvalue weighted by Crippen LogP contribution is 2.21. The van der Waals surface area contributed by atoms with E-state index in [0.717, 1.165) is 25.7 Å². The van der Waals surface area contributed by atoms with Gasteiger partial charge < -0.3 is 10.0 Å². The third-order valence-electron chi connectivity index (χ3n) is 3.72. The number of rotatable bonds is 3. The van der Waals surface area contributed by atoms with Gasteiger partial charge in [-0.15, -0.1) is 0 Å². The van der Waals surface area contributed by atoms with Crippen LogP contribution in [-0.2, 0) is 0 Å². The van der Waals surface area contributed by atoms with Crippen LogP contribution in [0.4, 0.5) is 8.78 Å². The van der Waals surface area contributed by atoms with E-state index in [1.165, 1.54) is 12.1 Å². The minimum atomic E-state index is -0.999. The molecule has 2 atom stereocenters. The number of piperazine rings is 1. The molecule has 0 amide bonds. The van der Waals surface area contributed by atoms with Gasteiger partial charge >= 0.3 is 0 Å². The number of aliphatic hydroxyl groups excluding tert-OH is 1. The fraction of sp³-hybridized carbons (Fsp3) is 0.571. The highest BCUT2D eigenvalue weighted by atomic mass is 19.2. The summed E-state index contributed by atoms with van der Waals surface area (Å²) < 4.78 is 26.7. The molecule has 1 aromatic rings. The number of β-amino-alcohol motifs (C(OH)–C–C–N with tert-alkyl or cyclic N) is 1. The van der Waals surface area contributed by atoms with E-state index in [4.69, 9.17) is 0 Å². The predicted molar refractivity (Wildman–Crippen MR) is 69.8 cm³/mol. The molecule has 1 saturated heterocycles.